The second kappa shape index (κ2) is 3.20. The first-order valence-corrected chi connectivity index (χ1v) is 5.49. The number of ether oxygens (including phenoxy) is 2. The van der Waals surface area contributed by atoms with Crippen molar-refractivity contribution in [3.8, 4) is 0 Å². The molecule has 0 amide bonds. The molecule has 1 spiro atoms. The summed E-state index contributed by atoms with van der Waals surface area (Å²) in [4.78, 5) is 3.81. The number of hydrogen-bond acceptors (Lipinski definition) is 2. The lowest BCUT2D eigenvalue weighted by Crippen LogP contribution is -2.50. The maximum absolute atomic E-state index is 7.35. The van der Waals surface area contributed by atoms with Crippen molar-refractivity contribution < 1.29 is 9.47 Å². The third kappa shape index (κ3) is 2.02. The first kappa shape index (κ1) is 10.9. The second-order valence-corrected chi connectivity index (χ2v) is 6.10. The van der Waals surface area contributed by atoms with Gasteiger partial charge in [-0.3, -0.25) is 0 Å². The highest BCUT2D eigenvalue weighted by molar-refractivity contribution is 5.10. The molecule has 1 saturated heterocycles. The first-order valence-electron chi connectivity index (χ1n) is 5.49. The highest BCUT2D eigenvalue weighted by Gasteiger charge is 2.55. The van der Waals surface area contributed by atoms with E-state index in [1.54, 1.807) is 0 Å². The summed E-state index contributed by atoms with van der Waals surface area (Å²) in [5, 5.41) is 0. The van der Waals surface area contributed by atoms with Gasteiger partial charge in [0.25, 0.3) is 0 Å². The Hall–Kier alpha value is -0.590. The highest BCUT2D eigenvalue weighted by atomic mass is 16.7. The fraction of sp³-hybridized carbons (Fsp3) is 0.917. The van der Waals surface area contributed by atoms with Crippen molar-refractivity contribution in [1.29, 1.82) is 0 Å². The third-order valence-electron chi connectivity index (χ3n) is 3.45. The van der Waals surface area contributed by atoms with E-state index in [0.29, 0.717) is 13.4 Å². The van der Waals surface area contributed by atoms with E-state index >= 15 is 0 Å². The SMILES string of the molecule is [C-]#[N+]C1(C)CC(C)(C)CC2(COCO2)C1. The molecule has 0 radical (unpaired) electrons. The smallest absolute Gasteiger partial charge is 0.233 e. The van der Waals surface area contributed by atoms with Gasteiger partial charge in [0.05, 0.1) is 13.0 Å². The Bertz CT molecular complexity index is 299. The van der Waals surface area contributed by atoms with Crippen molar-refractivity contribution in [2.45, 2.75) is 51.2 Å². The van der Waals surface area contributed by atoms with Crippen LogP contribution in [-0.4, -0.2) is 24.5 Å². The molecule has 2 unspecified atom stereocenters. The average Bonchev–Trinajstić information content (AvgIpc) is 2.49. The van der Waals surface area contributed by atoms with E-state index in [0.717, 1.165) is 19.3 Å². The summed E-state index contributed by atoms with van der Waals surface area (Å²) >= 11 is 0. The Morgan fingerprint density at radius 3 is 2.40 bits per heavy atom. The Morgan fingerprint density at radius 1 is 1.13 bits per heavy atom. The third-order valence-corrected chi connectivity index (χ3v) is 3.45. The maximum atomic E-state index is 7.35. The molecule has 1 heterocycles. The van der Waals surface area contributed by atoms with E-state index in [4.69, 9.17) is 16.0 Å². The molecule has 3 nitrogen and oxygen atoms in total. The van der Waals surface area contributed by atoms with Gasteiger partial charge in [0.15, 0.2) is 0 Å². The van der Waals surface area contributed by atoms with Gasteiger partial charge in [-0.05, 0) is 11.8 Å². The summed E-state index contributed by atoms with van der Waals surface area (Å²) in [5.41, 5.74) is -0.304. The summed E-state index contributed by atoms with van der Waals surface area (Å²) in [6.45, 7) is 14.9. The quantitative estimate of drug-likeness (QED) is 0.572. The van der Waals surface area contributed by atoms with Crippen LogP contribution in [0.15, 0.2) is 0 Å². The van der Waals surface area contributed by atoms with Gasteiger partial charge in [0.2, 0.25) is 5.54 Å². The van der Waals surface area contributed by atoms with Gasteiger partial charge < -0.3 is 14.3 Å². The highest BCUT2D eigenvalue weighted by Crippen LogP contribution is 2.50. The van der Waals surface area contributed by atoms with Gasteiger partial charge >= 0.3 is 0 Å². The summed E-state index contributed by atoms with van der Waals surface area (Å²) in [6.07, 6.45) is 2.77. The standard InChI is InChI=1S/C12H19NO2/c1-10(2)5-11(3,13-4)7-12(6-10)8-14-9-15-12/h5-9H2,1-3H3. The molecule has 0 bridgehead atoms. The van der Waals surface area contributed by atoms with Crippen LogP contribution in [0.1, 0.15) is 40.0 Å². The summed E-state index contributed by atoms with van der Waals surface area (Å²) < 4.78 is 11.1. The molecule has 1 aliphatic carbocycles. The van der Waals surface area contributed by atoms with Crippen LogP contribution in [0.25, 0.3) is 4.85 Å². The fourth-order valence-corrected chi connectivity index (χ4v) is 3.50. The molecule has 1 saturated carbocycles. The monoisotopic (exact) mass is 209 g/mol. The number of nitrogens with zero attached hydrogens (tertiary/aromatic N) is 1. The zero-order valence-electron chi connectivity index (χ0n) is 9.80. The molecule has 2 aliphatic rings. The molecule has 3 heteroatoms. The Morgan fingerprint density at radius 2 is 1.87 bits per heavy atom. The lowest BCUT2D eigenvalue weighted by atomic mass is 9.63. The number of rotatable bonds is 0. The predicted octanol–water partition coefficient (Wildman–Crippen LogP) is 2.62. The van der Waals surface area contributed by atoms with Crippen molar-refractivity contribution in [2.24, 2.45) is 5.41 Å². The molecule has 0 N–H and O–H groups in total. The molecule has 1 aliphatic heterocycles. The first-order chi connectivity index (χ1) is 6.89. The van der Waals surface area contributed by atoms with Gasteiger partial charge in [0.1, 0.15) is 12.4 Å². The van der Waals surface area contributed by atoms with E-state index in [9.17, 15) is 0 Å². The van der Waals surface area contributed by atoms with Crippen molar-refractivity contribution >= 4 is 0 Å². The molecule has 2 fully saturated rings. The van der Waals surface area contributed by atoms with E-state index < -0.39 is 0 Å². The molecule has 0 aromatic carbocycles. The zero-order valence-corrected chi connectivity index (χ0v) is 9.80. The molecule has 15 heavy (non-hydrogen) atoms. The van der Waals surface area contributed by atoms with E-state index in [1.165, 1.54) is 0 Å². The largest absolute Gasteiger partial charge is 0.352 e. The van der Waals surface area contributed by atoms with E-state index in [-0.39, 0.29) is 16.6 Å². The minimum Gasteiger partial charge on any atom is -0.352 e. The van der Waals surface area contributed by atoms with Gasteiger partial charge in [-0.15, -0.1) is 0 Å². The second-order valence-electron chi connectivity index (χ2n) is 6.10. The Labute approximate surface area is 91.6 Å². The average molecular weight is 209 g/mol. The lowest BCUT2D eigenvalue weighted by molar-refractivity contribution is -0.0725. The van der Waals surface area contributed by atoms with Gasteiger partial charge in [-0.1, -0.05) is 13.8 Å². The minimum absolute atomic E-state index is 0.172. The topological polar surface area (TPSA) is 22.8 Å². The van der Waals surface area contributed by atoms with Crippen LogP contribution in [0, 0.1) is 12.0 Å². The predicted molar refractivity (Wildman–Crippen MR) is 57.3 cm³/mol. The van der Waals surface area contributed by atoms with Gasteiger partial charge in [0, 0.05) is 13.3 Å². The summed E-state index contributed by atoms with van der Waals surface area (Å²) in [6, 6.07) is 0. The van der Waals surface area contributed by atoms with Gasteiger partial charge in [-0.25, -0.2) is 6.57 Å². The minimum atomic E-state index is -0.282. The van der Waals surface area contributed by atoms with Crippen LogP contribution >= 0.6 is 0 Å². The van der Waals surface area contributed by atoms with Crippen LogP contribution in [0.2, 0.25) is 0 Å². The van der Waals surface area contributed by atoms with Crippen molar-refractivity contribution in [3.63, 3.8) is 0 Å². The summed E-state index contributed by atoms with van der Waals surface area (Å²) in [5.74, 6) is 0. The van der Waals surface area contributed by atoms with Crippen LogP contribution in [-0.2, 0) is 9.47 Å². The van der Waals surface area contributed by atoms with Crippen LogP contribution in [0.4, 0.5) is 0 Å². The molecular weight excluding hydrogens is 190 g/mol. The molecule has 2 atom stereocenters. The normalized spacial score (nSPS) is 44.1. The van der Waals surface area contributed by atoms with Crippen molar-refractivity contribution in [1.82, 2.24) is 0 Å². The van der Waals surface area contributed by atoms with Crippen molar-refractivity contribution in [2.75, 3.05) is 13.4 Å². The Balaban J connectivity index is 2.26. The molecule has 0 aromatic heterocycles. The summed E-state index contributed by atoms with van der Waals surface area (Å²) in [7, 11) is 0. The number of hydrogen-bond donors (Lipinski definition) is 0. The van der Waals surface area contributed by atoms with E-state index in [2.05, 4.69) is 18.7 Å². The van der Waals surface area contributed by atoms with Crippen LogP contribution in [0.3, 0.4) is 0 Å². The lowest BCUT2D eigenvalue weighted by Gasteiger charge is -2.44. The zero-order chi connectivity index (χ0) is 11.2. The molecule has 2 rings (SSSR count). The fourth-order valence-electron chi connectivity index (χ4n) is 3.50. The van der Waals surface area contributed by atoms with Crippen LogP contribution < -0.4 is 0 Å². The van der Waals surface area contributed by atoms with Gasteiger partial charge in [-0.2, -0.15) is 0 Å². The maximum Gasteiger partial charge on any atom is 0.233 e. The Kier molecular flexibility index (Phi) is 2.33. The molecule has 0 aromatic rings. The molecule has 84 valence electrons. The van der Waals surface area contributed by atoms with Crippen LogP contribution in [0.5, 0.6) is 0 Å². The van der Waals surface area contributed by atoms with Crippen molar-refractivity contribution in [3.05, 3.63) is 11.4 Å². The van der Waals surface area contributed by atoms with E-state index in [1.807, 2.05) is 6.92 Å². The molecular formula is C12H19NO2.